The highest BCUT2D eigenvalue weighted by Crippen LogP contribution is 2.41. The van der Waals surface area contributed by atoms with Gasteiger partial charge in [0.05, 0.1) is 0 Å². The van der Waals surface area contributed by atoms with Crippen LogP contribution in [0.3, 0.4) is 0 Å². The second-order valence-corrected chi connectivity index (χ2v) is 6.43. The molecule has 1 aliphatic rings. The summed E-state index contributed by atoms with van der Waals surface area (Å²) in [4.78, 5) is 2.47. The molecule has 0 radical (unpaired) electrons. The molecule has 3 nitrogen and oxygen atoms in total. The predicted octanol–water partition coefficient (Wildman–Crippen LogP) is 2.37. The molecule has 0 spiro atoms. The molecule has 1 saturated carbocycles. The van der Waals surface area contributed by atoms with Crippen molar-refractivity contribution in [2.45, 2.75) is 46.1 Å². The summed E-state index contributed by atoms with van der Waals surface area (Å²) < 4.78 is 5.12. The van der Waals surface area contributed by atoms with Gasteiger partial charge in [-0.25, -0.2) is 0 Å². The highest BCUT2D eigenvalue weighted by Gasteiger charge is 2.41. The lowest BCUT2D eigenvalue weighted by Gasteiger charge is -2.33. The zero-order valence-corrected chi connectivity index (χ0v) is 13.0. The summed E-state index contributed by atoms with van der Waals surface area (Å²) in [6.45, 7) is 11.3. The van der Waals surface area contributed by atoms with Crippen LogP contribution in [-0.4, -0.2) is 51.3 Å². The molecule has 1 N–H and O–H groups in total. The van der Waals surface area contributed by atoms with Gasteiger partial charge in [-0.2, -0.15) is 0 Å². The summed E-state index contributed by atoms with van der Waals surface area (Å²) in [6.07, 6.45) is 3.84. The average molecular weight is 256 g/mol. The fourth-order valence-corrected chi connectivity index (χ4v) is 3.35. The smallest absolute Gasteiger partial charge is 0.0474 e. The van der Waals surface area contributed by atoms with Gasteiger partial charge < -0.3 is 15.0 Å². The van der Waals surface area contributed by atoms with E-state index in [1.807, 2.05) is 0 Å². The summed E-state index contributed by atoms with van der Waals surface area (Å²) in [5, 5.41) is 3.71. The molecule has 0 aliphatic heterocycles. The van der Waals surface area contributed by atoms with E-state index >= 15 is 0 Å². The summed E-state index contributed by atoms with van der Waals surface area (Å²) in [6, 6.07) is 0.673. The zero-order chi connectivity index (χ0) is 13.6. The third-order valence-corrected chi connectivity index (χ3v) is 4.33. The molecule has 0 bridgehead atoms. The molecule has 1 rings (SSSR count). The lowest BCUT2D eigenvalue weighted by atomic mass is 9.84. The van der Waals surface area contributed by atoms with Crippen molar-refractivity contribution in [3.05, 3.63) is 0 Å². The first kappa shape index (κ1) is 15.9. The number of nitrogens with zero attached hydrogens (tertiary/aromatic N) is 1. The predicted molar refractivity (Wildman–Crippen MR) is 78.0 cm³/mol. The lowest BCUT2D eigenvalue weighted by molar-refractivity contribution is 0.165. The van der Waals surface area contributed by atoms with E-state index in [1.54, 1.807) is 7.11 Å². The van der Waals surface area contributed by atoms with Crippen LogP contribution in [0.4, 0.5) is 0 Å². The molecule has 0 aromatic carbocycles. The molecule has 108 valence electrons. The Kier molecular flexibility index (Phi) is 6.61. The van der Waals surface area contributed by atoms with Gasteiger partial charge in [0.1, 0.15) is 0 Å². The number of nitrogens with one attached hydrogen (secondary N) is 1. The molecule has 3 heteroatoms. The average Bonchev–Trinajstić information content (AvgIpc) is 2.57. The molecule has 0 heterocycles. The van der Waals surface area contributed by atoms with E-state index in [2.05, 4.69) is 38.0 Å². The van der Waals surface area contributed by atoms with E-state index in [1.165, 1.54) is 19.4 Å². The van der Waals surface area contributed by atoms with Crippen molar-refractivity contribution in [2.75, 3.05) is 40.4 Å². The van der Waals surface area contributed by atoms with Crippen molar-refractivity contribution in [1.82, 2.24) is 10.2 Å². The van der Waals surface area contributed by atoms with Crippen LogP contribution in [0.25, 0.3) is 0 Å². The van der Waals surface area contributed by atoms with Crippen LogP contribution < -0.4 is 5.32 Å². The van der Waals surface area contributed by atoms with Gasteiger partial charge in [0.15, 0.2) is 0 Å². The van der Waals surface area contributed by atoms with E-state index in [0.717, 1.165) is 32.0 Å². The molecule has 0 amide bonds. The van der Waals surface area contributed by atoms with Crippen LogP contribution >= 0.6 is 0 Å². The van der Waals surface area contributed by atoms with Crippen LogP contribution in [0.5, 0.6) is 0 Å². The molecular weight excluding hydrogens is 224 g/mol. The lowest BCUT2D eigenvalue weighted by Crippen LogP contribution is -2.45. The molecule has 0 aromatic heterocycles. The maximum absolute atomic E-state index is 5.12. The van der Waals surface area contributed by atoms with Gasteiger partial charge in [-0.3, -0.25) is 0 Å². The molecule has 2 atom stereocenters. The third-order valence-electron chi connectivity index (χ3n) is 4.33. The second kappa shape index (κ2) is 7.46. The van der Waals surface area contributed by atoms with E-state index < -0.39 is 0 Å². The van der Waals surface area contributed by atoms with Gasteiger partial charge in [-0.05, 0) is 44.2 Å². The molecule has 0 aromatic rings. The Morgan fingerprint density at radius 3 is 2.72 bits per heavy atom. The van der Waals surface area contributed by atoms with Crippen LogP contribution in [-0.2, 0) is 4.74 Å². The molecule has 1 aliphatic carbocycles. The number of hydrogen-bond donors (Lipinski definition) is 1. The van der Waals surface area contributed by atoms with Crippen molar-refractivity contribution < 1.29 is 4.74 Å². The van der Waals surface area contributed by atoms with Crippen LogP contribution in [0.1, 0.15) is 40.0 Å². The summed E-state index contributed by atoms with van der Waals surface area (Å²) in [5.74, 6) is 0.799. The number of rotatable bonds is 8. The first-order chi connectivity index (χ1) is 8.51. The standard InChI is InChI=1S/C15H32N2O/c1-6-16-14-13(8-9-15(14,2)3)12-17(4)10-7-11-18-5/h13-14,16H,6-12H2,1-5H3. The minimum absolute atomic E-state index is 0.452. The first-order valence-electron chi connectivity index (χ1n) is 7.42. The van der Waals surface area contributed by atoms with Crippen LogP contribution in [0, 0.1) is 11.3 Å². The summed E-state index contributed by atoms with van der Waals surface area (Å²) in [5.41, 5.74) is 0.452. The topological polar surface area (TPSA) is 24.5 Å². The Morgan fingerprint density at radius 2 is 2.11 bits per heavy atom. The van der Waals surface area contributed by atoms with E-state index in [-0.39, 0.29) is 0 Å². The molecular formula is C15H32N2O. The fourth-order valence-electron chi connectivity index (χ4n) is 3.35. The first-order valence-corrected chi connectivity index (χ1v) is 7.42. The van der Waals surface area contributed by atoms with Crippen LogP contribution in [0.15, 0.2) is 0 Å². The largest absolute Gasteiger partial charge is 0.385 e. The van der Waals surface area contributed by atoms with Gasteiger partial charge >= 0.3 is 0 Å². The molecule has 0 saturated heterocycles. The van der Waals surface area contributed by atoms with Gasteiger partial charge in [-0.15, -0.1) is 0 Å². The Morgan fingerprint density at radius 1 is 1.39 bits per heavy atom. The minimum atomic E-state index is 0.452. The Balaban J connectivity index is 2.40. The van der Waals surface area contributed by atoms with Gasteiger partial charge in [0, 0.05) is 32.8 Å². The van der Waals surface area contributed by atoms with Crippen molar-refractivity contribution in [2.24, 2.45) is 11.3 Å². The maximum atomic E-state index is 5.12. The zero-order valence-electron chi connectivity index (χ0n) is 13.0. The van der Waals surface area contributed by atoms with E-state index in [0.29, 0.717) is 11.5 Å². The molecule has 2 unspecified atom stereocenters. The SMILES string of the molecule is CCNC1C(CN(C)CCCOC)CCC1(C)C. The summed E-state index contributed by atoms with van der Waals surface area (Å²) in [7, 11) is 4.02. The molecule has 1 fully saturated rings. The van der Waals surface area contributed by atoms with Gasteiger partial charge in [-0.1, -0.05) is 20.8 Å². The number of methoxy groups -OCH3 is 1. The quantitative estimate of drug-likeness (QED) is 0.675. The maximum Gasteiger partial charge on any atom is 0.0474 e. The van der Waals surface area contributed by atoms with E-state index in [9.17, 15) is 0 Å². The van der Waals surface area contributed by atoms with Crippen molar-refractivity contribution in [1.29, 1.82) is 0 Å². The van der Waals surface area contributed by atoms with Crippen molar-refractivity contribution >= 4 is 0 Å². The minimum Gasteiger partial charge on any atom is -0.385 e. The fraction of sp³-hybridized carbons (Fsp3) is 1.00. The monoisotopic (exact) mass is 256 g/mol. The Bertz CT molecular complexity index is 231. The van der Waals surface area contributed by atoms with Crippen LogP contribution in [0.2, 0.25) is 0 Å². The highest BCUT2D eigenvalue weighted by atomic mass is 16.5. The highest BCUT2D eigenvalue weighted by molar-refractivity contribution is 4.96. The normalized spacial score (nSPS) is 27.0. The Labute approximate surface area is 113 Å². The number of ether oxygens (including phenoxy) is 1. The van der Waals surface area contributed by atoms with Crippen molar-refractivity contribution in [3.8, 4) is 0 Å². The van der Waals surface area contributed by atoms with Crippen molar-refractivity contribution in [3.63, 3.8) is 0 Å². The van der Waals surface area contributed by atoms with Gasteiger partial charge in [0.2, 0.25) is 0 Å². The van der Waals surface area contributed by atoms with Gasteiger partial charge in [0.25, 0.3) is 0 Å². The second-order valence-electron chi connectivity index (χ2n) is 6.43. The number of hydrogen-bond acceptors (Lipinski definition) is 3. The Hall–Kier alpha value is -0.120. The molecule has 18 heavy (non-hydrogen) atoms. The summed E-state index contributed by atoms with van der Waals surface area (Å²) >= 11 is 0. The van der Waals surface area contributed by atoms with E-state index in [4.69, 9.17) is 4.74 Å². The third kappa shape index (κ3) is 4.52.